The van der Waals surface area contributed by atoms with Crippen molar-refractivity contribution in [3.05, 3.63) is 80.2 Å². The molecule has 5 nitrogen and oxygen atoms in total. The number of aliphatic carboxylic acids is 1. The van der Waals surface area contributed by atoms with Gasteiger partial charge in [0.1, 0.15) is 10.9 Å². The third-order valence-corrected chi connectivity index (χ3v) is 5.95. The number of nitrogens with zero attached hydrogens (tertiary/aromatic N) is 1. The van der Waals surface area contributed by atoms with Gasteiger partial charge in [-0.3, -0.25) is 19.3 Å². The number of thiocarbonyl (C=S) groups is 1. The van der Waals surface area contributed by atoms with Crippen molar-refractivity contribution in [3.8, 4) is 0 Å². The van der Waals surface area contributed by atoms with Gasteiger partial charge in [0.15, 0.2) is 5.78 Å². The Morgan fingerprint density at radius 3 is 2.40 bits per heavy atom. The molecule has 0 aliphatic carbocycles. The first-order chi connectivity index (χ1) is 14.2. The van der Waals surface area contributed by atoms with Crippen LogP contribution < -0.4 is 0 Å². The quantitative estimate of drug-likeness (QED) is 0.351. The number of rotatable bonds is 6. The van der Waals surface area contributed by atoms with E-state index in [2.05, 4.69) is 0 Å². The summed E-state index contributed by atoms with van der Waals surface area (Å²) in [5, 5.41) is 9.62. The maximum atomic E-state index is 12.3. The second-order valence-electron chi connectivity index (χ2n) is 6.15. The molecule has 152 valence electrons. The molecule has 1 fully saturated rings. The molecule has 0 radical (unpaired) electrons. The zero-order valence-electron chi connectivity index (χ0n) is 15.2. The lowest BCUT2D eigenvalue weighted by Gasteiger charge is -2.10. The second kappa shape index (κ2) is 9.57. The molecule has 0 atom stereocenters. The zero-order valence-corrected chi connectivity index (χ0v) is 18.3. The SMILES string of the molecule is O=C(O)CN1C(=O)/C(=C\c2ccc(/C=C/C(=O)c3ccc(Cl)cc3Cl)cc2)SC1=S. The van der Waals surface area contributed by atoms with E-state index in [1.807, 2.05) is 0 Å². The fourth-order valence-corrected chi connectivity index (χ4v) is 4.33. The minimum absolute atomic E-state index is 0.215. The molecule has 3 rings (SSSR count). The number of hydrogen-bond donors (Lipinski definition) is 1. The Morgan fingerprint density at radius 2 is 1.77 bits per heavy atom. The van der Waals surface area contributed by atoms with E-state index in [1.165, 1.54) is 12.1 Å². The zero-order chi connectivity index (χ0) is 21.8. The number of allylic oxidation sites excluding steroid dienone is 1. The second-order valence-corrected chi connectivity index (χ2v) is 8.67. The van der Waals surface area contributed by atoms with E-state index in [1.54, 1.807) is 48.6 Å². The van der Waals surface area contributed by atoms with Crippen molar-refractivity contribution in [2.45, 2.75) is 0 Å². The summed E-state index contributed by atoms with van der Waals surface area (Å²) in [4.78, 5) is 36.9. The van der Waals surface area contributed by atoms with Gasteiger partial charge in [-0.1, -0.05) is 77.5 Å². The Hall–Kier alpha value is -2.45. The molecule has 0 aromatic heterocycles. The maximum Gasteiger partial charge on any atom is 0.323 e. The number of ketones is 1. The van der Waals surface area contributed by atoms with E-state index in [0.29, 0.717) is 15.5 Å². The highest BCUT2D eigenvalue weighted by molar-refractivity contribution is 8.26. The fraction of sp³-hybridized carbons (Fsp3) is 0.0476. The monoisotopic (exact) mass is 477 g/mol. The molecular weight excluding hydrogens is 465 g/mol. The summed E-state index contributed by atoms with van der Waals surface area (Å²) in [5.41, 5.74) is 1.89. The van der Waals surface area contributed by atoms with Crippen LogP contribution in [-0.4, -0.2) is 38.5 Å². The molecule has 2 aromatic carbocycles. The summed E-state index contributed by atoms with van der Waals surface area (Å²) >= 11 is 18.0. The summed E-state index contributed by atoms with van der Waals surface area (Å²) in [5.74, 6) is -1.80. The van der Waals surface area contributed by atoms with Crippen LogP contribution in [0.4, 0.5) is 0 Å². The van der Waals surface area contributed by atoms with Gasteiger partial charge in [-0.2, -0.15) is 0 Å². The highest BCUT2D eigenvalue weighted by atomic mass is 35.5. The molecule has 0 saturated carbocycles. The molecule has 0 unspecified atom stereocenters. The Labute approximate surface area is 192 Å². The van der Waals surface area contributed by atoms with Crippen molar-refractivity contribution in [1.82, 2.24) is 4.90 Å². The van der Waals surface area contributed by atoms with Gasteiger partial charge in [0, 0.05) is 10.6 Å². The average Bonchev–Trinajstić information content (AvgIpc) is 2.94. The van der Waals surface area contributed by atoms with Crippen LogP contribution in [0.25, 0.3) is 12.2 Å². The number of carboxylic acid groups (broad SMARTS) is 1. The fourth-order valence-electron chi connectivity index (χ4n) is 2.58. The first-order valence-electron chi connectivity index (χ1n) is 8.49. The lowest BCUT2D eigenvalue weighted by molar-refractivity contribution is -0.140. The van der Waals surface area contributed by atoms with Crippen LogP contribution in [0.2, 0.25) is 10.0 Å². The number of amides is 1. The molecule has 1 amide bonds. The highest BCUT2D eigenvalue weighted by Gasteiger charge is 2.33. The van der Waals surface area contributed by atoms with Gasteiger partial charge in [-0.15, -0.1) is 0 Å². The van der Waals surface area contributed by atoms with Crippen molar-refractivity contribution in [2.24, 2.45) is 0 Å². The number of thioether (sulfide) groups is 1. The summed E-state index contributed by atoms with van der Waals surface area (Å²) in [6.45, 7) is -0.461. The van der Waals surface area contributed by atoms with Gasteiger partial charge in [0.2, 0.25) is 0 Å². The lowest BCUT2D eigenvalue weighted by atomic mass is 10.1. The maximum absolute atomic E-state index is 12.3. The summed E-state index contributed by atoms with van der Waals surface area (Å²) in [6, 6.07) is 11.8. The molecule has 1 heterocycles. The lowest BCUT2D eigenvalue weighted by Crippen LogP contribution is -2.33. The van der Waals surface area contributed by atoms with E-state index in [9.17, 15) is 14.4 Å². The van der Waals surface area contributed by atoms with Crippen LogP contribution in [0.3, 0.4) is 0 Å². The number of halogens is 2. The van der Waals surface area contributed by atoms with E-state index in [0.717, 1.165) is 27.8 Å². The van der Waals surface area contributed by atoms with Crippen LogP contribution >= 0.6 is 47.2 Å². The van der Waals surface area contributed by atoms with E-state index in [4.69, 9.17) is 40.5 Å². The van der Waals surface area contributed by atoms with Gasteiger partial charge in [-0.25, -0.2) is 0 Å². The van der Waals surface area contributed by atoms with Crippen molar-refractivity contribution in [2.75, 3.05) is 6.54 Å². The first-order valence-corrected chi connectivity index (χ1v) is 10.5. The Balaban J connectivity index is 1.71. The Bertz CT molecular complexity index is 1110. The average molecular weight is 478 g/mol. The van der Waals surface area contributed by atoms with Gasteiger partial charge < -0.3 is 5.11 Å². The van der Waals surface area contributed by atoms with Crippen molar-refractivity contribution in [1.29, 1.82) is 0 Å². The minimum atomic E-state index is -1.13. The van der Waals surface area contributed by atoms with Crippen LogP contribution in [0.15, 0.2) is 53.4 Å². The molecule has 9 heteroatoms. The number of carbonyl (C=O) groups is 3. The normalized spacial score (nSPS) is 15.4. The number of carbonyl (C=O) groups excluding carboxylic acids is 2. The predicted octanol–water partition coefficient (Wildman–Crippen LogP) is 5.18. The van der Waals surface area contributed by atoms with Gasteiger partial charge in [0.25, 0.3) is 5.91 Å². The van der Waals surface area contributed by atoms with E-state index >= 15 is 0 Å². The van der Waals surface area contributed by atoms with Crippen LogP contribution in [-0.2, 0) is 9.59 Å². The first kappa shape index (κ1) is 22.2. The predicted molar refractivity (Wildman–Crippen MR) is 124 cm³/mol. The van der Waals surface area contributed by atoms with Crippen molar-refractivity contribution >= 4 is 81.3 Å². The molecule has 1 aliphatic heterocycles. The summed E-state index contributed by atoms with van der Waals surface area (Å²) in [6.07, 6.45) is 4.72. The van der Waals surface area contributed by atoms with Gasteiger partial charge in [-0.05, 0) is 41.5 Å². The molecule has 0 spiro atoms. The molecule has 2 aromatic rings. The standard InChI is InChI=1S/C21H13Cl2NO4S2/c22-14-6-7-15(16(23)10-14)17(25)8-5-12-1-3-13(4-2-12)9-18-20(28)24(11-19(26)27)21(29)30-18/h1-10H,11H2,(H,26,27)/b8-5+,18-9+. The molecule has 30 heavy (non-hydrogen) atoms. The largest absolute Gasteiger partial charge is 0.480 e. The molecule has 1 aliphatic rings. The van der Waals surface area contributed by atoms with Gasteiger partial charge in [0.05, 0.1) is 9.93 Å². The topological polar surface area (TPSA) is 74.7 Å². The smallest absolute Gasteiger partial charge is 0.323 e. The van der Waals surface area contributed by atoms with Crippen molar-refractivity contribution < 1.29 is 19.5 Å². The van der Waals surface area contributed by atoms with Crippen LogP contribution in [0.5, 0.6) is 0 Å². The van der Waals surface area contributed by atoms with Crippen LogP contribution in [0, 0.1) is 0 Å². The number of carboxylic acids is 1. The highest BCUT2D eigenvalue weighted by Crippen LogP contribution is 2.32. The third-order valence-electron chi connectivity index (χ3n) is 4.02. The van der Waals surface area contributed by atoms with E-state index in [-0.39, 0.29) is 15.1 Å². The van der Waals surface area contributed by atoms with E-state index < -0.39 is 18.4 Å². The number of benzene rings is 2. The molecule has 0 bridgehead atoms. The summed E-state index contributed by atoms with van der Waals surface area (Å²) < 4.78 is 0.215. The minimum Gasteiger partial charge on any atom is -0.480 e. The van der Waals surface area contributed by atoms with Crippen LogP contribution in [0.1, 0.15) is 21.5 Å². The van der Waals surface area contributed by atoms with Crippen molar-refractivity contribution in [3.63, 3.8) is 0 Å². The molecular formula is C21H13Cl2NO4S2. The number of hydrogen-bond acceptors (Lipinski definition) is 5. The molecule has 1 saturated heterocycles. The molecule has 1 N–H and O–H groups in total. The Kier molecular flexibility index (Phi) is 7.10. The third kappa shape index (κ3) is 5.37. The Morgan fingerprint density at radius 1 is 1.10 bits per heavy atom. The van der Waals surface area contributed by atoms with Gasteiger partial charge >= 0.3 is 5.97 Å². The summed E-state index contributed by atoms with van der Waals surface area (Å²) in [7, 11) is 0.